The highest BCUT2D eigenvalue weighted by Gasteiger charge is 2.41. The highest BCUT2D eigenvalue weighted by molar-refractivity contribution is 6.07. The van der Waals surface area contributed by atoms with Gasteiger partial charge in [-0.15, -0.1) is 0 Å². The van der Waals surface area contributed by atoms with Crippen LogP contribution in [0.5, 0.6) is 0 Å². The fraction of sp³-hybridized carbons (Fsp3) is 0.625. The second kappa shape index (κ2) is 9.19. The Morgan fingerprint density at radius 1 is 1.18 bits per heavy atom. The van der Waals surface area contributed by atoms with E-state index in [0.717, 1.165) is 5.84 Å². The molecule has 3 heterocycles. The summed E-state index contributed by atoms with van der Waals surface area (Å²) in [7, 11) is 0. The third-order valence-electron chi connectivity index (χ3n) is 6.68. The number of alkyl halides is 4. The van der Waals surface area contributed by atoms with Gasteiger partial charge in [0.1, 0.15) is 5.84 Å². The van der Waals surface area contributed by atoms with Crippen LogP contribution in [0.1, 0.15) is 63.1 Å². The summed E-state index contributed by atoms with van der Waals surface area (Å²) >= 11 is 0. The van der Waals surface area contributed by atoms with E-state index in [4.69, 9.17) is 0 Å². The molecule has 1 aromatic heterocycles. The zero-order valence-electron chi connectivity index (χ0n) is 19.7. The van der Waals surface area contributed by atoms with Crippen LogP contribution in [0.3, 0.4) is 0 Å². The highest BCUT2D eigenvalue weighted by Crippen LogP contribution is 2.45. The summed E-state index contributed by atoms with van der Waals surface area (Å²) in [6, 6.07) is 1.78. The molecule has 6 nitrogen and oxygen atoms in total. The summed E-state index contributed by atoms with van der Waals surface area (Å²) in [6.45, 7) is 5.51. The number of nitrogens with one attached hydrogen (secondary N) is 2. The van der Waals surface area contributed by atoms with Gasteiger partial charge in [0.15, 0.2) is 5.82 Å². The van der Waals surface area contributed by atoms with Gasteiger partial charge in [-0.05, 0) is 37.3 Å². The van der Waals surface area contributed by atoms with Crippen LogP contribution in [0.15, 0.2) is 22.8 Å². The number of pyridine rings is 1. The Hall–Kier alpha value is -2.65. The maximum atomic E-state index is 14.0. The number of amidine groups is 1. The first kappa shape index (κ1) is 24.5. The van der Waals surface area contributed by atoms with E-state index in [0.29, 0.717) is 22.5 Å². The van der Waals surface area contributed by atoms with Crippen LogP contribution in [0.2, 0.25) is 0 Å². The van der Waals surface area contributed by atoms with Crippen molar-refractivity contribution in [3.05, 3.63) is 29.1 Å². The molecule has 4 rings (SSSR count). The lowest BCUT2D eigenvalue weighted by Crippen LogP contribution is -2.32. The number of hydrogen-bond donors (Lipinski definition) is 2. The molecule has 1 saturated heterocycles. The van der Waals surface area contributed by atoms with E-state index in [-0.39, 0.29) is 62.8 Å². The van der Waals surface area contributed by atoms with E-state index in [1.807, 2.05) is 13.8 Å². The van der Waals surface area contributed by atoms with Crippen LogP contribution in [-0.2, 0) is 4.79 Å². The van der Waals surface area contributed by atoms with Gasteiger partial charge in [-0.3, -0.25) is 9.79 Å². The molecule has 10 heteroatoms. The zero-order chi connectivity index (χ0) is 24.7. The van der Waals surface area contributed by atoms with Crippen LogP contribution < -0.4 is 15.5 Å². The first-order valence-electron chi connectivity index (χ1n) is 11.8. The SMILES string of the molecule is Cc1cc(C2CCC(F)(F)CC2)c(NC(=O)C2=CNC(C(C)C)=NC2)c(N2CCC(F)(F)C2)n1. The van der Waals surface area contributed by atoms with E-state index in [2.05, 4.69) is 20.6 Å². The molecule has 0 atom stereocenters. The maximum Gasteiger partial charge on any atom is 0.266 e. The fourth-order valence-electron chi connectivity index (χ4n) is 4.73. The third kappa shape index (κ3) is 5.36. The number of aliphatic imine (C=N–C) groups is 1. The number of anilines is 2. The molecule has 186 valence electrons. The second-order valence-electron chi connectivity index (χ2n) is 9.83. The number of carbonyl (C=O) groups is 1. The summed E-state index contributed by atoms with van der Waals surface area (Å²) in [5, 5.41) is 5.92. The largest absolute Gasteiger partial charge is 0.350 e. The highest BCUT2D eigenvalue weighted by atomic mass is 19.3. The molecule has 2 N–H and O–H groups in total. The molecule has 2 fully saturated rings. The van der Waals surface area contributed by atoms with Crippen molar-refractivity contribution >= 4 is 23.2 Å². The van der Waals surface area contributed by atoms with Crippen molar-refractivity contribution in [1.29, 1.82) is 0 Å². The van der Waals surface area contributed by atoms with Crippen LogP contribution in [0.4, 0.5) is 29.1 Å². The summed E-state index contributed by atoms with van der Waals surface area (Å²) < 4.78 is 55.7. The minimum absolute atomic E-state index is 0.0980. The lowest BCUT2D eigenvalue weighted by molar-refractivity contribution is -0.112. The van der Waals surface area contributed by atoms with Gasteiger partial charge in [0, 0.05) is 43.6 Å². The van der Waals surface area contributed by atoms with Gasteiger partial charge < -0.3 is 15.5 Å². The van der Waals surface area contributed by atoms with Crippen molar-refractivity contribution in [2.45, 2.75) is 70.6 Å². The molecule has 1 amide bonds. The molecule has 1 aliphatic carbocycles. The summed E-state index contributed by atoms with van der Waals surface area (Å²) in [5.74, 6) is -4.96. The first-order valence-corrected chi connectivity index (χ1v) is 11.8. The Kier molecular flexibility index (Phi) is 6.61. The number of halogens is 4. The predicted molar refractivity (Wildman–Crippen MR) is 124 cm³/mol. The zero-order valence-corrected chi connectivity index (χ0v) is 19.7. The van der Waals surface area contributed by atoms with Crippen molar-refractivity contribution in [3.63, 3.8) is 0 Å². The molecule has 0 spiro atoms. The minimum atomic E-state index is -2.85. The van der Waals surface area contributed by atoms with Crippen molar-refractivity contribution in [2.24, 2.45) is 10.9 Å². The van der Waals surface area contributed by atoms with Crippen LogP contribution in [0, 0.1) is 12.8 Å². The quantitative estimate of drug-likeness (QED) is 0.581. The monoisotopic (exact) mass is 481 g/mol. The number of rotatable bonds is 5. The summed E-state index contributed by atoms with van der Waals surface area (Å²) in [6.07, 6.45) is 1.31. The maximum absolute atomic E-state index is 14.0. The lowest BCUT2D eigenvalue weighted by atomic mass is 9.81. The number of amides is 1. The number of hydrogen-bond acceptors (Lipinski definition) is 5. The average molecular weight is 482 g/mol. The van der Waals surface area contributed by atoms with Crippen molar-refractivity contribution in [3.8, 4) is 0 Å². The first-order chi connectivity index (χ1) is 15.9. The molecular formula is C24H31F4N5O. The van der Waals surface area contributed by atoms with Crippen molar-refractivity contribution in [1.82, 2.24) is 10.3 Å². The Labute approximate surface area is 196 Å². The summed E-state index contributed by atoms with van der Waals surface area (Å²) in [4.78, 5) is 23.5. The van der Waals surface area contributed by atoms with Crippen LogP contribution in [0.25, 0.3) is 0 Å². The number of nitrogens with zero attached hydrogens (tertiary/aromatic N) is 3. The van der Waals surface area contributed by atoms with Gasteiger partial charge in [0.25, 0.3) is 11.8 Å². The fourth-order valence-corrected chi connectivity index (χ4v) is 4.73. The molecule has 34 heavy (non-hydrogen) atoms. The van der Waals surface area contributed by atoms with Gasteiger partial charge >= 0.3 is 0 Å². The smallest absolute Gasteiger partial charge is 0.266 e. The molecule has 1 aromatic rings. The molecule has 1 saturated carbocycles. The van der Waals surface area contributed by atoms with E-state index in [9.17, 15) is 22.4 Å². The van der Waals surface area contributed by atoms with Gasteiger partial charge in [-0.1, -0.05) is 13.8 Å². The molecule has 0 bridgehead atoms. The number of aryl methyl sites for hydroxylation is 1. The van der Waals surface area contributed by atoms with E-state index < -0.39 is 24.3 Å². The Balaban J connectivity index is 1.66. The Bertz CT molecular complexity index is 1010. The molecule has 3 aliphatic rings. The molecule has 2 aliphatic heterocycles. The average Bonchev–Trinajstić information content (AvgIpc) is 3.14. The van der Waals surface area contributed by atoms with Crippen LogP contribution >= 0.6 is 0 Å². The standard InChI is InChI=1S/C24H31F4N5O/c1-14(2)20-29-11-17(12-30-20)22(34)32-19-18(16-4-6-23(25,26)7-5-16)10-15(3)31-21(19)33-9-8-24(27,28)13-33/h10-11,14,16H,4-9,12-13H2,1-3H3,(H,29,30)(H,32,34). The van der Waals surface area contributed by atoms with Gasteiger partial charge in [0.2, 0.25) is 5.92 Å². The van der Waals surface area contributed by atoms with Crippen molar-refractivity contribution < 1.29 is 22.4 Å². The van der Waals surface area contributed by atoms with E-state index in [1.54, 1.807) is 19.2 Å². The Morgan fingerprint density at radius 3 is 2.44 bits per heavy atom. The predicted octanol–water partition coefficient (Wildman–Crippen LogP) is 5.01. The third-order valence-corrected chi connectivity index (χ3v) is 6.68. The number of carbonyl (C=O) groups excluding carboxylic acids is 1. The van der Waals surface area contributed by atoms with Gasteiger partial charge in [-0.2, -0.15) is 0 Å². The summed E-state index contributed by atoms with van der Waals surface area (Å²) in [5.41, 5.74) is 2.00. The molecule has 0 radical (unpaired) electrons. The molecule has 0 aromatic carbocycles. The van der Waals surface area contributed by atoms with Crippen LogP contribution in [-0.4, -0.2) is 48.2 Å². The van der Waals surface area contributed by atoms with Gasteiger partial charge in [-0.25, -0.2) is 22.5 Å². The topological polar surface area (TPSA) is 69.6 Å². The van der Waals surface area contributed by atoms with Crippen molar-refractivity contribution in [2.75, 3.05) is 29.9 Å². The normalized spacial score (nSPS) is 22.3. The minimum Gasteiger partial charge on any atom is -0.350 e. The molecular weight excluding hydrogens is 450 g/mol. The van der Waals surface area contributed by atoms with Gasteiger partial charge in [0.05, 0.1) is 24.4 Å². The molecule has 0 unspecified atom stereocenters. The Morgan fingerprint density at radius 2 is 1.88 bits per heavy atom. The number of aromatic nitrogens is 1. The second-order valence-corrected chi connectivity index (χ2v) is 9.83. The van der Waals surface area contributed by atoms with E-state index >= 15 is 0 Å². The lowest BCUT2D eigenvalue weighted by Gasteiger charge is -2.31. The van der Waals surface area contributed by atoms with E-state index in [1.165, 1.54) is 4.90 Å².